The van der Waals surface area contributed by atoms with Gasteiger partial charge in [-0.25, -0.2) is 4.68 Å². The van der Waals surface area contributed by atoms with Crippen LogP contribution >= 0.6 is 0 Å². The maximum Gasteiger partial charge on any atom is 0.178 e. The number of hydrogen-bond donors (Lipinski definition) is 0. The number of pyridine rings is 1. The van der Waals surface area contributed by atoms with Gasteiger partial charge in [0, 0.05) is 18.0 Å². The van der Waals surface area contributed by atoms with Crippen LogP contribution in [0, 0.1) is 5.41 Å². The SMILES string of the molecule is CC12Cc3cnn(-c4cccnc4)c3C=C1CCC21OCCO1. The zero-order chi connectivity index (χ0) is 15.5. The van der Waals surface area contributed by atoms with Gasteiger partial charge in [-0.3, -0.25) is 4.98 Å². The van der Waals surface area contributed by atoms with Gasteiger partial charge in [0.2, 0.25) is 0 Å². The third-order valence-corrected chi connectivity index (χ3v) is 5.66. The Morgan fingerprint density at radius 2 is 2.09 bits per heavy atom. The highest BCUT2D eigenvalue weighted by molar-refractivity contribution is 5.62. The summed E-state index contributed by atoms with van der Waals surface area (Å²) in [6.07, 6.45) is 10.8. The molecule has 2 aromatic rings. The first kappa shape index (κ1) is 13.5. The van der Waals surface area contributed by atoms with E-state index in [1.807, 2.05) is 29.2 Å². The molecule has 0 radical (unpaired) electrons. The predicted octanol–water partition coefficient (Wildman–Crippen LogP) is 2.75. The molecule has 5 heteroatoms. The van der Waals surface area contributed by atoms with Gasteiger partial charge < -0.3 is 9.47 Å². The molecule has 1 unspecified atom stereocenters. The van der Waals surface area contributed by atoms with Crippen molar-refractivity contribution in [2.24, 2.45) is 5.41 Å². The molecule has 1 atom stereocenters. The Morgan fingerprint density at radius 1 is 1.22 bits per heavy atom. The van der Waals surface area contributed by atoms with Crippen molar-refractivity contribution < 1.29 is 9.47 Å². The van der Waals surface area contributed by atoms with Gasteiger partial charge in [0.05, 0.1) is 37.0 Å². The highest BCUT2D eigenvalue weighted by Crippen LogP contribution is 2.58. The molecular formula is C18H19N3O2. The Balaban J connectivity index is 1.62. The fourth-order valence-corrected chi connectivity index (χ4v) is 4.41. The maximum absolute atomic E-state index is 6.08. The quantitative estimate of drug-likeness (QED) is 0.813. The zero-order valence-electron chi connectivity index (χ0n) is 13.2. The maximum atomic E-state index is 6.08. The number of rotatable bonds is 1. The summed E-state index contributed by atoms with van der Waals surface area (Å²) in [6.45, 7) is 3.68. The van der Waals surface area contributed by atoms with Crippen molar-refractivity contribution in [3.8, 4) is 5.69 Å². The van der Waals surface area contributed by atoms with Gasteiger partial charge in [-0.2, -0.15) is 5.10 Å². The van der Waals surface area contributed by atoms with Gasteiger partial charge in [-0.15, -0.1) is 0 Å². The fraction of sp³-hybridized carbons (Fsp3) is 0.444. The van der Waals surface area contributed by atoms with Gasteiger partial charge >= 0.3 is 0 Å². The zero-order valence-corrected chi connectivity index (χ0v) is 13.2. The molecular weight excluding hydrogens is 290 g/mol. The first-order chi connectivity index (χ1) is 11.2. The number of ether oxygens (including phenoxy) is 2. The molecule has 0 aromatic carbocycles. The summed E-state index contributed by atoms with van der Waals surface area (Å²) < 4.78 is 14.1. The third kappa shape index (κ3) is 1.69. The molecule has 0 bridgehead atoms. The normalized spacial score (nSPS) is 27.8. The Kier molecular flexibility index (Phi) is 2.65. The Bertz CT molecular complexity index is 790. The van der Waals surface area contributed by atoms with Gasteiger partial charge in [0.25, 0.3) is 0 Å². The van der Waals surface area contributed by atoms with Crippen LogP contribution in [-0.2, 0) is 15.9 Å². The first-order valence-corrected chi connectivity index (χ1v) is 8.18. The summed E-state index contributed by atoms with van der Waals surface area (Å²) in [5, 5.41) is 4.59. The van der Waals surface area contributed by atoms with E-state index in [4.69, 9.17) is 9.47 Å². The van der Waals surface area contributed by atoms with Crippen LogP contribution in [0.2, 0.25) is 0 Å². The molecule has 2 fully saturated rings. The van der Waals surface area contributed by atoms with Crippen LogP contribution in [0.3, 0.4) is 0 Å². The molecule has 1 spiro atoms. The molecule has 5 nitrogen and oxygen atoms in total. The lowest BCUT2D eigenvalue weighted by Gasteiger charge is -2.41. The molecule has 1 saturated heterocycles. The molecule has 2 aliphatic carbocycles. The van der Waals surface area contributed by atoms with E-state index in [1.165, 1.54) is 16.8 Å². The van der Waals surface area contributed by atoms with Crippen molar-refractivity contribution in [1.82, 2.24) is 14.8 Å². The highest BCUT2D eigenvalue weighted by atomic mass is 16.7. The third-order valence-electron chi connectivity index (χ3n) is 5.66. The van der Waals surface area contributed by atoms with Crippen molar-refractivity contribution >= 4 is 6.08 Å². The van der Waals surface area contributed by atoms with Gasteiger partial charge in [-0.1, -0.05) is 12.5 Å². The van der Waals surface area contributed by atoms with Crippen molar-refractivity contribution in [2.75, 3.05) is 13.2 Å². The lowest BCUT2D eigenvalue weighted by Crippen LogP contribution is -2.46. The van der Waals surface area contributed by atoms with Crippen LogP contribution in [0.1, 0.15) is 31.0 Å². The topological polar surface area (TPSA) is 49.2 Å². The lowest BCUT2D eigenvalue weighted by molar-refractivity contribution is -0.208. The van der Waals surface area contributed by atoms with Crippen LogP contribution in [0.4, 0.5) is 0 Å². The lowest BCUT2D eigenvalue weighted by atomic mass is 9.72. The van der Waals surface area contributed by atoms with E-state index in [1.54, 1.807) is 6.20 Å². The van der Waals surface area contributed by atoms with Crippen LogP contribution < -0.4 is 0 Å². The van der Waals surface area contributed by atoms with E-state index >= 15 is 0 Å². The van der Waals surface area contributed by atoms with Crippen molar-refractivity contribution in [3.63, 3.8) is 0 Å². The predicted molar refractivity (Wildman–Crippen MR) is 85.0 cm³/mol. The summed E-state index contributed by atoms with van der Waals surface area (Å²) >= 11 is 0. The standard InChI is InChI=1S/C18H19N3O2/c1-17-10-13-11-20-21(15-3-2-6-19-12-15)16(13)9-14(17)4-5-18(17)22-7-8-23-18/h2-3,6,9,11-12H,4-5,7-8,10H2,1H3. The first-order valence-electron chi connectivity index (χ1n) is 8.18. The second kappa shape index (κ2) is 4.52. The Hall–Kier alpha value is -1.98. The van der Waals surface area contributed by atoms with Crippen molar-refractivity contribution in [2.45, 2.75) is 32.0 Å². The summed E-state index contributed by atoms with van der Waals surface area (Å²) in [5.41, 5.74) is 4.74. The minimum absolute atomic E-state index is 0.0840. The molecule has 3 heterocycles. The summed E-state index contributed by atoms with van der Waals surface area (Å²) in [7, 11) is 0. The molecule has 0 N–H and O–H groups in total. The molecule has 1 saturated carbocycles. The fourth-order valence-electron chi connectivity index (χ4n) is 4.41. The van der Waals surface area contributed by atoms with Crippen LogP contribution in [0.25, 0.3) is 11.8 Å². The largest absolute Gasteiger partial charge is 0.347 e. The molecule has 3 aliphatic rings. The van der Waals surface area contributed by atoms with E-state index in [0.717, 1.165) is 24.9 Å². The smallest absolute Gasteiger partial charge is 0.178 e. The van der Waals surface area contributed by atoms with Crippen molar-refractivity contribution in [1.29, 1.82) is 0 Å². The second-order valence-corrected chi connectivity index (χ2v) is 6.81. The molecule has 5 rings (SSSR count). The van der Waals surface area contributed by atoms with Gasteiger partial charge in [-0.05, 0) is 36.6 Å². The van der Waals surface area contributed by atoms with Crippen LogP contribution in [0.15, 0.2) is 36.3 Å². The molecule has 0 amide bonds. The molecule has 23 heavy (non-hydrogen) atoms. The van der Waals surface area contributed by atoms with E-state index < -0.39 is 5.79 Å². The molecule has 118 valence electrons. The molecule has 1 aliphatic heterocycles. The van der Waals surface area contributed by atoms with E-state index in [2.05, 4.69) is 23.1 Å². The number of nitrogens with zero attached hydrogens (tertiary/aromatic N) is 3. The summed E-state index contributed by atoms with van der Waals surface area (Å²) in [4.78, 5) is 4.21. The number of aromatic nitrogens is 3. The minimum Gasteiger partial charge on any atom is -0.347 e. The number of hydrogen-bond acceptors (Lipinski definition) is 4. The number of fused-ring (bicyclic) bond motifs is 3. The van der Waals surface area contributed by atoms with Gasteiger partial charge in [0.15, 0.2) is 5.79 Å². The monoisotopic (exact) mass is 309 g/mol. The summed E-state index contributed by atoms with van der Waals surface area (Å²) in [5.74, 6) is -0.438. The highest BCUT2D eigenvalue weighted by Gasteiger charge is 2.59. The molecule has 2 aromatic heterocycles. The average Bonchev–Trinajstić information content (AvgIpc) is 3.26. The van der Waals surface area contributed by atoms with E-state index in [0.29, 0.717) is 13.2 Å². The second-order valence-electron chi connectivity index (χ2n) is 6.81. The van der Waals surface area contributed by atoms with Crippen LogP contribution in [0.5, 0.6) is 0 Å². The van der Waals surface area contributed by atoms with Crippen molar-refractivity contribution in [3.05, 3.63) is 47.6 Å². The summed E-state index contributed by atoms with van der Waals surface area (Å²) in [6, 6.07) is 3.97. The van der Waals surface area contributed by atoms with Crippen LogP contribution in [-0.4, -0.2) is 33.8 Å². The minimum atomic E-state index is -0.438. The Labute approximate surface area is 134 Å². The average molecular weight is 309 g/mol. The van der Waals surface area contributed by atoms with E-state index in [9.17, 15) is 0 Å². The van der Waals surface area contributed by atoms with Gasteiger partial charge in [0.1, 0.15) is 0 Å². The van der Waals surface area contributed by atoms with E-state index in [-0.39, 0.29) is 5.41 Å². The Morgan fingerprint density at radius 3 is 2.87 bits per heavy atom.